The molecule has 22 heavy (non-hydrogen) atoms. The highest BCUT2D eigenvalue weighted by atomic mass is 31.2. The lowest BCUT2D eigenvalue weighted by molar-refractivity contribution is 0.229. The van der Waals surface area contributed by atoms with E-state index in [2.05, 4.69) is 0 Å². The molecule has 0 aromatic heterocycles. The number of benzene rings is 2. The molecule has 0 bridgehead atoms. The van der Waals surface area contributed by atoms with Crippen molar-refractivity contribution < 1.29 is 18.1 Å². The Morgan fingerprint density at radius 2 is 1.36 bits per heavy atom. The summed E-state index contributed by atoms with van der Waals surface area (Å²) in [4.78, 5) is 0. The first-order valence-electron chi connectivity index (χ1n) is 6.95. The average Bonchev–Trinajstić information content (AvgIpc) is 2.48. The lowest BCUT2D eigenvalue weighted by atomic mass is 10.3. The summed E-state index contributed by atoms with van der Waals surface area (Å²) in [5.74, 6) is 0.859. The van der Waals surface area contributed by atoms with Crippen molar-refractivity contribution in [2.75, 3.05) is 6.61 Å². The monoisotopic (exact) mass is 318 g/mol. The van der Waals surface area contributed by atoms with Gasteiger partial charge >= 0.3 is 7.82 Å². The van der Waals surface area contributed by atoms with Gasteiger partial charge < -0.3 is 9.05 Å². The number of hydrogen-bond donors (Lipinski definition) is 0. The highest BCUT2D eigenvalue weighted by Crippen LogP contribution is 2.49. The average molecular weight is 318 g/mol. The summed E-state index contributed by atoms with van der Waals surface area (Å²) >= 11 is 0. The van der Waals surface area contributed by atoms with Gasteiger partial charge in [-0.05, 0) is 38.1 Å². The number of hydrogen-bond acceptors (Lipinski definition) is 4. The van der Waals surface area contributed by atoms with Crippen molar-refractivity contribution in [3.63, 3.8) is 0 Å². The van der Waals surface area contributed by atoms with Crippen LogP contribution in [-0.4, -0.2) is 6.61 Å². The largest absolute Gasteiger partial charge is 0.587 e. The minimum Gasteiger partial charge on any atom is -0.395 e. The lowest BCUT2D eigenvalue weighted by Crippen LogP contribution is -2.05. The summed E-state index contributed by atoms with van der Waals surface area (Å²) in [7, 11) is -3.76. The number of phosphoric acid groups is 1. The Balaban J connectivity index is 2.15. The van der Waals surface area contributed by atoms with Gasteiger partial charge in [0.25, 0.3) is 0 Å². The molecule has 0 amide bonds. The molecule has 0 aliphatic carbocycles. The van der Waals surface area contributed by atoms with E-state index in [-0.39, 0.29) is 6.61 Å². The first-order valence-corrected chi connectivity index (χ1v) is 8.41. The zero-order valence-electron chi connectivity index (χ0n) is 12.6. The van der Waals surface area contributed by atoms with E-state index < -0.39 is 7.82 Å². The van der Waals surface area contributed by atoms with E-state index in [0.29, 0.717) is 11.5 Å². The van der Waals surface area contributed by atoms with Gasteiger partial charge in [-0.3, -0.25) is 4.52 Å². The fraction of sp³-hybridized carbons (Fsp3) is 0.176. The van der Waals surface area contributed by atoms with Crippen LogP contribution in [0.4, 0.5) is 0 Å². The quantitative estimate of drug-likeness (QED) is 0.517. The molecule has 2 aromatic rings. The molecule has 4 nitrogen and oxygen atoms in total. The van der Waals surface area contributed by atoms with Crippen LogP contribution in [0.25, 0.3) is 0 Å². The standard InChI is InChI=1S/C17H19O4P/c1-15(2)13-14-19-22(18,20-16-9-5-3-6-10-16)21-17-11-7-4-8-12-17/h3-13H,14H2,1-2H3. The van der Waals surface area contributed by atoms with E-state index in [9.17, 15) is 4.57 Å². The van der Waals surface area contributed by atoms with Crippen molar-refractivity contribution in [1.82, 2.24) is 0 Å². The van der Waals surface area contributed by atoms with Crippen LogP contribution in [-0.2, 0) is 9.09 Å². The molecule has 0 N–H and O–H groups in total. The fourth-order valence-corrected chi connectivity index (χ4v) is 2.75. The summed E-state index contributed by atoms with van der Waals surface area (Å²) in [6.07, 6.45) is 1.81. The third-order valence-electron chi connectivity index (χ3n) is 2.65. The second kappa shape index (κ2) is 7.83. The van der Waals surface area contributed by atoms with Crippen molar-refractivity contribution in [3.05, 3.63) is 72.3 Å². The maximum absolute atomic E-state index is 12.8. The maximum Gasteiger partial charge on any atom is 0.587 e. The van der Waals surface area contributed by atoms with Gasteiger partial charge in [-0.1, -0.05) is 48.0 Å². The summed E-state index contributed by atoms with van der Waals surface area (Å²) in [5.41, 5.74) is 1.06. The molecule has 0 unspecified atom stereocenters. The minimum atomic E-state index is -3.76. The summed E-state index contributed by atoms with van der Waals surface area (Å²) in [6, 6.07) is 17.7. The van der Waals surface area contributed by atoms with Gasteiger partial charge in [-0.15, -0.1) is 0 Å². The summed E-state index contributed by atoms with van der Waals surface area (Å²) in [6.45, 7) is 4.02. The van der Waals surface area contributed by atoms with Crippen LogP contribution in [0.1, 0.15) is 13.8 Å². The fourth-order valence-electron chi connectivity index (χ4n) is 1.59. The van der Waals surface area contributed by atoms with Crippen LogP contribution < -0.4 is 9.05 Å². The van der Waals surface area contributed by atoms with E-state index in [1.807, 2.05) is 32.1 Å². The second-order valence-corrected chi connectivity index (χ2v) is 6.35. The van der Waals surface area contributed by atoms with Gasteiger partial charge in [0.1, 0.15) is 11.5 Å². The normalized spacial score (nSPS) is 10.8. The molecule has 116 valence electrons. The Hall–Kier alpha value is -2.03. The van der Waals surface area contributed by atoms with E-state index in [0.717, 1.165) is 5.57 Å². The van der Waals surface area contributed by atoms with E-state index in [4.69, 9.17) is 13.6 Å². The Kier molecular flexibility index (Phi) is 5.82. The number of allylic oxidation sites excluding steroid dienone is 1. The van der Waals surface area contributed by atoms with Crippen LogP contribution in [0.15, 0.2) is 72.3 Å². The van der Waals surface area contributed by atoms with Gasteiger partial charge in [0.2, 0.25) is 0 Å². The number of rotatable bonds is 7. The molecule has 0 saturated carbocycles. The first-order chi connectivity index (χ1) is 10.6. The predicted molar refractivity (Wildman–Crippen MR) is 87.1 cm³/mol. The Morgan fingerprint density at radius 3 is 1.77 bits per heavy atom. The van der Waals surface area contributed by atoms with Gasteiger partial charge in [-0.25, -0.2) is 4.57 Å². The SMILES string of the molecule is CC(C)=CCOP(=O)(Oc1ccccc1)Oc1ccccc1. The van der Waals surface area contributed by atoms with E-state index in [1.54, 1.807) is 48.5 Å². The third-order valence-corrected chi connectivity index (χ3v) is 3.98. The van der Waals surface area contributed by atoms with Crippen LogP contribution in [0, 0.1) is 0 Å². The third kappa shape index (κ3) is 5.40. The molecule has 5 heteroatoms. The lowest BCUT2D eigenvalue weighted by Gasteiger charge is -2.18. The highest BCUT2D eigenvalue weighted by molar-refractivity contribution is 7.49. The van der Waals surface area contributed by atoms with Crippen LogP contribution in [0.5, 0.6) is 11.5 Å². The number of phosphoric ester groups is 1. The highest BCUT2D eigenvalue weighted by Gasteiger charge is 2.30. The second-order valence-electron chi connectivity index (χ2n) is 4.83. The predicted octanol–water partition coefficient (Wildman–Crippen LogP) is 5.24. The zero-order chi connectivity index (χ0) is 15.8. The zero-order valence-corrected chi connectivity index (χ0v) is 13.5. The smallest absolute Gasteiger partial charge is 0.395 e. The van der Waals surface area contributed by atoms with Gasteiger partial charge in [0, 0.05) is 0 Å². The molecule has 0 spiro atoms. The van der Waals surface area contributed by atoms with Crippen molar-refractivity contribution in [1.29, 1.82) is 0 Å². The van der Waals surface area contributed by atoms with Gasteiger partial charge in [-0.2, -0.15) is 0 Å². The molecule has 0 saturated heterocycles. The molecule has 0 fully saturated rings. The van der Waals surface area contributed by atoms with Crippen molar-refractivity contribution >= 4 is 7.82 Å². The molecule has 0 radical (unpaired) electrons. The molecule has 2 aromatic carbocycles. The van der Waals surface area contributed by atoms with Crippen molar-refractivity contribution in [2.24, 2.45) is 0 Å². The van der Waals surface area contributed by atoms with Crippen LogP contribution in [0.2, 0.25) is 0 Å². The van der Waals surface area contributed by atoms with E-state index >= 15 is 0 Å². The van der Waals surface area contributed by atoms with Crippen LogP contribution in [0.3, 0.4) is 0 Å². The molecule has 2 rings (SSSR count). The summed E-state index contributed by atoms with van der Waals surface area (Å²) < 4.78 is 29.2. The molecule has 0 atom stereocenters. The van der Waals surface area contributed by atoms with Gasteiger partial charge in [0.05, 0.1) is 6.61 Å². The molecular formula is C17H19O4P. The molecular weight excluding hydrogens is 299 g/mol. The first kappa shape index (κ1) is 16.3. The molecule has 0 aliphatic heterocycles. The minimum absolute atomic E-state index is 0.152. The van der Waals surface area contributed by atoms with Crippen LogP contribution >= 0.6 is 7.82 Å². The molecule has 0 heterocycles. The van der Waals surface area contributed by atoms with Gasteiger partial charge in [0.15, 0.2) is 0 Å². The topological polar surface area (TPSA) is 44.8 Å². The number of para-hydroxylation sites is 2. The Bertz CT molecular complexity index is 603. The van der Waals surface area contributed by atoms with Crippen molar-refractivity contribution in [3.8, 4) is 11.5 Å². The summed E-state index contributed by atoms with van der Waals surface area (Å²) in [5, 5.41) is 0. The molecule has 0 aliphatic rings. The maximum atomic E-state index is 12.8. The van der Waals surface area contributed by atoms with Crippen molar-refractivity contribution in [2.45, 2.75) is 13.8 Å². The Labute approximate surface area is 131 Å². The van der Waals surface area contributed by atoms with E-state index in [1.165, 1.54) is 0 Å². The Morgan fingerprint density at radius 1 is 0.909 bits per heavy atom.